The van der Waals surface area contributed by atoms with Crippen molar-refractivity contribution in [2.45, 2.75) is 69.6 Å². The first-order valence-electron chi connectivity index (χ1n) is 12.7. The highest BCUT2D eigenvalue weighted by atomic mass is 35.5. The van der Waals surface area contributed by atoms with E-state index in [0.29, 0.717) is 40.3 Å². The topological polar surface area (TPSA) is 108 Å². The first-order chi connectivity index (χ1) is 18.2. The van der Waals surface area contributed by atoms with Crippen molar-refractivity contribution in [3.8, 4) is 11.5 Å². The van der Waals surface area contributed by atoms with Gasteiger partial charge in [0.15, 0.2) is 0 Å². The van der Waals surface area contributed by atoms with Crippen molar-refractivity contribution in [3.05, 3.63) is 50.8 Å². The van der Waals surface area contributed by atoms with Crippen LogP contribution in [-0.4, -0.2) is 50.5 Å². The summed E-state index contributed by atoms with van der Waals surface area (Å²) < 4.78 is 18.8. The molecule has 0 saturated heterocycles. The van der Waals surface area contributed by atoms with Crippen molar-refractivity contribution in [2.24, 2.45) is 5.92 Å². The number of rotatable bonds is 8. The number of ether oxygens (including phenoxy) is 3. The number of nitrogens with zero attached hydrogens (tertiary/aromatic N) is 4. The van der Waals surface area contributed by atoms with E-state index in [1.165, 1.54) is 0 Å². The molecule has 1 atom stereocenters. The second-order valence-electron chi connectivity index (χ2n) is 9.93. The fraction of sp³-hybridized carbons (Fsp3) is 0.481. The van der Waals surface area contributed by atoms with Crippen LogP contribution >= 0.6 is 23.4 Å². The summed E-state index contributed by atoms with van der Waals surface area (Å²) in [6.45, 7) is 3.80. The maximum Gasteiger partial charge on any atom is 0.349 e. The smallest absolute Gasteiger partial charge is 0.349 e. The molecule has 202 valence electrons. The van der Waals surface area contributed by atoms with Gasteiger partial charge in [0, 0.05) is 23.9 Å². The highest BCUT2D eigenvalue weighted by Gasteiger charge is 2.48. The standard InChI is InChI=1S/C27H31ClN4O5S/c1-15-11-16(2)32-25(29-15)30-26(31-32)38-23-20(33)14-27(37-24(23)34,18-7-5-6-8-18)10-9-17-12-19(28)22(36-4)13-21(17)35-3/h11-13,18,33H,5-10,14H2,1-4H3. The van der Waals surface area contributed by atoms with Gasteiger partial charge in [0.1, 0.15) is 27.8 Å². The predicted molar refractivity (Wildman–Crippen MR) is 144 cm³/mol. The molecular formula is C27H31ClN4O5S. The molecular weight excluding hydrogens is 528 g/mol. The Hall–Kier alpha value is -2.98. The SMILES string of the molecule is COc1cc(OC)c(CCC2(C3CCCC3)CC(O)=C(Sc3nc4nc(C)cc(C)n4n3)C(=O)O2)cc1Cl. The normalized spacial score (nSPS) is 20.3. The third-order valence-corrected chi connectivity index (χ3v) is 8.73. The summed E-state index contributed by atoms with van der Waals surface area (Å²) in [4.78, 5) is 22.4. The third kappa shape index (κ3) is 5.03. The van der Waals surface area contributed by atoms with Gasteiger partial charge in [0.05, 0.1) is 19.2 Å². The van der Waals surface area contributed by atoms with Crippen molar-refractivity contribution in [1.29, 1.82) is 0 Å². The van der Waals surface area contributed by atoms with Gasteiger partial charge in [-0.2, -0.15) is 4.98 Å². The van der Waals surface area contributed by atoms with Crippen LogP contribution in [0.2, 0.25) is 5.02 Å². The van der Waals surface area contributed by atoms with Gasteiger partial charge in [0.2, 0.25) is 5.16 Å². The molecule has 38 heavy (non-hydrogen) atoms. The first-order valence-corrected chi connectivity index (χ1v) is 13.9. The quantitative estimate of drug-likeness (QED) is 0.344. The van der Waals surface area contributed by atoms with Crippen LogP contribution in [0.1, 0.15) is 55.5 Å². The highest BCUT2D eigenvalue weighted by molar-refractivity contribution is 8.03. The fourth-order valence-electron chi connectivity index (χ4n) is 5.62. The maximum absolute atomic E-state index is 13.4. The van der Waals surface area contributed by atoms with Gasteiger partial charge in [-0.1, -0.05) is 24.4 Å². The minimum Gasteiger partial charge on any atom is -0.511 e. The van der Waals surface area contributed by atoms with E-state index in [1.54, 1.807) is 24.8 Å². The summed E-state index contributed by atoms with van der Waals surface area (Å²) in [7, 11) is 3.16. The summed E-state index contributed by atoms with van der Waals surface area (Å²) in [5.41, 5.74) is 1.78. The number of thioether (sulfide) groups is 1. The molecule has 1 aromatic carbocycles. The molecule has 5 rings (SSSR count). The lowest BCUT2D eigenvalue weighted by Gasteiger charge is -2.41. The molecule has 9 nitrogen and oxygen atoms in total. The number of aliphatic hydroxyl groups excluding tert-OH is 1. The zero-order valence-electron chi connectivity index (χ0n) is 21.9. The van der Waals surface area contributed by atoms with Crippen molar-refractivity contribution in [3.63, 3.8) is 0 Å². The van der Waals surface area contributed by atoms with Crippen LogP contribution in [0, 0.1) is 19.8 Å². The molecule has 0 amide bonds. The molecule has 2 aliphatic rings. The Kier molecular flexibility index (Phi) is 7.46. The molecule has 0 spiro atoms. The van der Waals surface area contributed by atoms with Gasteiger partial charge in [-0.15, -0.1) is 5.10 Å². The summed E-state index contributed by atoms with van der Waals surface area (Å²) in [6, 6.07) is 5.50. The number of hydrogen-bond acceptors (Lipinski definition) is 9. The average molecular weight is 559 g/mol. The first kappa shape index (κ1) is 26.6. The largest absolute Gasteiger partial charge is 0.511 e. The second-order valence-corrected chi connectivity index (χ2v) is 11.3. The maximum atomic E-state index is 13.4. The number of cyclic esters (lactones) is 1. The number of aliphatic hydroxyl groups is 1. The molecule has 1 aliphatic heterocycles. The van der Waals surface area contributed by atoms with Crippen molar-refractivity contribution < 1.29 is 24.1 Å². The lowest BCUT2D eigenvalue weighted by atomic mass is 9.77. The average Bonchev–Trinajstić information content (AvgIpc) is 3.56. The Morgan fingerprint density at radius 3 is 2.58 bits per heavy atom. The predicted octanol–water partition coefficient (Wildman–Crippen LogP) is 5.78. The van der Waals surface area contributed by atoms with Gasteiger partial charge in [-0.05, 0) is 74.9 Å². The van der Waals surface area contributed by atoms with E-state index >= 15 is 0 Å². The van der Waals surface area contributed by atoms with Crippen LogP contribution < -0.4 is 9.47 Å². The molecule has 3 heterocycles. The summed E-state index contributed by atoms with van der Waals surface area (Å²) in [6.07, 6.45) is 5.37. The van der Waals surface area contributed by atoms with E-state index < -0.39 is 11.6 Å². The minimum atomic E-state index is -0.819. The van der Waals surface area contributed by atoms with E-state index in [2.05, 4.69) is 15.1 Å². The summed E-state index contributed by atoms with van der Waals surface area (Å²) in [5.74, 6) is 1.25. The van der Waals surface area contributed by atoms with E-state index in [4.69, 9.17) is 25.8 Å². The number of esters is 1. The van der Waals surface area contributed by atoms with Crippen LogP contribution in [-0.2, 0) is 16.0 Å². The fourth-order valence-corrected chi connectivity index (χ4v) is 6.63. The van der Waals surface area contributed by atoms with Crippen molar-refractivity contribution in [1.82, 2.24) is 19.6 Å². The summed E-state index contributed by atoms with van der Waals surface area (Å²) >= 11 is 7.41. The number of benzene rings is 1. The number of carbonyl (C=O) groups is 1. The van der Waals surface area contributed by atoms with Crippen LogP contribution in [0.5, 0.6) is 11.5 Å². The number of halogens is 1. The molecule has 1 N–H and O–H groups in total. The van der Waals surface area contributed by atoms with Gasteiger partial charge >= 0.3 is 5.97 Å². The Morgan fingerprint density at radius 2 is 1.89 bits per heavy atom. The number of aryl methyl sites for hydroxylation is 3. The molecule has 2 aromatic heterocycles. The zero-order chi connectivity index (χ0) is 27.0. The van der Waals surface area contributed by atoms with E-state index in [-0.39, 0.29) is 23.0 Å². The number of aromatic nitrogens is 4. The monoisotopic (exact) mass is 558 g/mol. The molecule has 0 bridgehead atoms. The van der Waals surface area contributed by atoms with Crippen molar-refractivity contribution >= 4 is 35.1 Å². The van der Waals surface area contributed by atoms with Crippen LogP contribution in [0.4, 0.5) is 0 Å². The number of fused-ring (bicyclic) bond motifs is 1. The Labute approximate surface area is 230 Å². The van der Waals surface area contributed by atoms with Gasteiger partial charge in [0.25, 0.3) is 5.78 Å². The Bertz CT molecular complexity index is 1420. The van der Waals surface area contributed by atoms with E-state index in [9.17, 15) is 9.90 Å². The summed E-state index contributed by atoms with van der Waals surface area (Å²) in [5, 5.41) is 16.5. The molecule has 1 aliphatic carbocycles. The lowest BCUT2D eigenvalue weighted by molar-refractivity contribution is -0.166. The number of carbonyl (C=O) groups excluding carboxylic acids is 1. The molecule has 0 radical (unpaired) electrons. The lowest BCUT2D eigenvalue weighted by Crippen LogP contribution is -2.45. The molecule has 1 saturated carbocycles. The van der Waals surface area contributed by atoms with Crippen LogP contribution in [0.3, 0.4) is 0 Å². The molecule has 1 fully saturated rings. The molecule has 11 heteroatoms. The van der Waals surface area contributed by atoms with Crippen molar-refractivity contribution in [2.75, 3.05) is 14.2 Å². The second kappa shape index (κ2) is 10.6. The highest BCUT2D eigenvalue weighted by Crippen LogP contribution is 2.48. The Morgan fingerprint density at radius 1 is 1.16 bits per heavy atom. The molecule has 3 aromatic rings. The van der Waals surface area contributed by atoms with Gasteiger partial charge in [-0.25, -0.2) is 14.3 Å². The van der Waals surface area contributed by atoms with E-state index in [0.717, 1.165) is 54.4 Å². The van der Waals surface area contributed by atoms with Crippen LogP contribution in [0.25, 0.3) is 5.78 Å². The number of hydrogen-bond donors (Lipinski definition) is 1. The molecule has 1 unspecified atom stereocenters. The zero-order valence-corrected chi connectivity index (χ0v) is 23.5. The van der Waals surface area contributed by atoms with Crippen LogP contribution in [0.15, 0.2) is 34.0 Å². The van der Waals surface area contributed by atoms with E-state index in [1.807, 2.05) is 26.0 Å². The van der Waals surface area contributed by atoms with Gasteiger partial charge < -0.3 is 19.3 Å². The number of methoxy groups -OCH3 is 2. The van der Waals surface area contributed by atoms with Gasteiger partial charge in [-0.3, -0.25) is 0 Å². The minimum absolute atomic E-state index is 0.0117. The third-order valence-electron chi connectivity index (χ3n) is 7.47. The Balaban J connectivity index is 1.42.